The van der Waals surface area contributed by atoms with Crippen LogP contribution in [0, 0.1) is 21.4 Å². The van der Waals surface area contributed by atoms with Crippen molar-refractivity contribution in [1.29, 1.82) is 5.26 Å². The number of hydrogen-bond acceptors (Lipinski definition) is 5. The molecule has 0 aromatic heterocycles. The summed E-state index contributed by atoms with van der Waals surface area (Å²) in [5, 5.41) is 19.3. The van der Waals surface area contributed by atoms with Crippen molar-refractivity contribution in [2.75, 3.05) is 0 Å². The van der Waals surface area contributed by atoms with E-state index in [4.69, 9.17) is 11.0 Å². The smallest absolute Gasteiger partial charge is 0.292 e. The van der Waals surface area contributed by atoms with Gasteiger partial charge in [0, 0.05) is 0 Å². The van der Waals surface area contributed by atoms with Gasteiger partial charge in [0.15, 0.2) is 6.29 Å². The molecule has 1 amide bonds. The van der Waals surface area contributed by atoms with Gasteiger partial charge in [0.1, 0.15) is 5.56 Å². The van der Waals surface area contributed by atoms with E-state index in [0.717, 1.165) is 12.1 Å². The fourth-order valence-electron chi connectivity index (χ4n) is 1.20. The molecule has 0 saturated carbocycles. The van der Waals surface area contributed by atoms with Gasteiger partial charge in [-0.1, -0.05) is 0 Å². The third-order valence-electron chi connectivity index (χ3n) is 1.84. The molecule has 0 bridgehead atoms. The molecule has 1 aromatic carbocycles. The molecule has 0 fully saturated rings. The molecule has 0 atom stereocenters. The molecule has 0 heterocycles. The van der Waals surface area contributed by atoms with Crippen LogP contribution in [0.1, 0.15) is 26.3 Å². The minimum Gasteiger partial charge on any atom is -0.365 e. The van der Waals surface area contributed by atoms with Crippen molar-refractivity contribution < 1.29 is 14.5 Å². The summed E-state index contributed by atoms with van der Waals surface area (Å²) >= 11 is 0. The van der Waals surface area contributed by atoms with Crippen molar-refractivity contribution >= 4 is 17.9 Å². The number of carbonyl (C=O) groups excluding carboxylic acids is 2. The van der Waals surface area contributed by atoms with E-state index >= 15 is 0 Å². The fraction of sp³-hybridized carbons (Fsp3) is 0. The molecule has 80 valence electrons. The lowest BCUT2D eigenvalue weighted by molar-refractivity contribution is -0.385. The summed E-state index contributed by atoms with van der Waals surface area (Å²) in [4.78, 5) is 31.3. The summed E-state index contributed by atoms with van der Waals surface area (Å²) in [5.41, 5.74) is 3.41. The Balaban J connectivity index is 3.68. The first kappa shape index (κ1) is 11.3. The number of primary amides is 1. The predicted molar refractivity (Wildman–Crippen MR) is 51.7 cm³/mol. The van der Waals surface area contributed by atoms with E-state index in [9.17, 15) is 19.7 Å². The summed E-state index contributed by atoms with van der Waals surface area (Å²) in [5.74, 6) is -1.06. The van der Waals surface area contributed by atoms with Crippen LogP contribution in [0.4, 0.5) is 5.69 Å². The van der Waals surface area contributed by atoms with Crippen LogP contribution in [0.2, 0.25) is 0 Å². The second kappa shape index (κ2) is 4.18. The lowest BCUT2D eigenvalue weighted by Gasteiger charge is -2.01. The van der Waals surface area contributed by atoms with Gasteiger partial charge >= 0.3 is 0 Å². The first-order chi connectivity index (χ1) is 7.51. The monoisotopic (exact) mass is 219 g/mol. The number of carbonyl (C=O) groups is 2. The average molecular weight is 219 g/mol. The van der Waals surface area contributed by atoms with Crippen LogP contribution in [-0.4, -0.2) is 17.1 Å². The zero-order valence-electron chi connectivity index (χ0n) is 7.84. The number of nitrogens with two attached hydrogens (primary N) is 1. The Hall–Kier alpha value is -2.75. The van der Waals surface area contributed by atoms with E-state index in [1.54, 1.807) is 6.07 Å². The molecule has 0 unspecified atom stereocenters. The molecule has 0 saturated heterocycles. The topological polar surface area (TPSA) is 127 Å². The van der Waals surface area contributed by atoms with Gasteiger partial charge in [-0.3, -0.25) is 19.7 Å². The highest BCUT2D eigenvalue weighted by Gasteiger charge is 2.24. The van der Waals surface area contributed by atoms with Crippen LogP contribution >= 0.6 is 0 Å². The highest BCUT2D eigenvalue weighted by molar-refractivity contribution is 6.01. The largest absolute Gasteiger partial charge is 0.365 e. The van der Waals surface area contributed by atoms with Gasteiger partial charge in [-0.05, 0) is 12.1 Å². The maximum atomic E-state index is 11.0. The van der Waals surface area contributed by atoms with E-state index in [2.05, 4.69) is 0 Å². The second-order valence-electron chi connectivity index (χ2n) is 2.81. The molecule has 7 heteroatoms. The van der Waals surface area contributed by atoms with E-state index < -0.39 is 22.1 Å². The highest BCUT2D eigenvalue weighted by Crippen LogP contribution is 2.24. The van der Waals surface area contributed by atoms with E-state index in [-0.39, 0.29) is 17.4 Å². The number of nitro benzene ring substituents is 1. The maximum Gasteiger partial charge on any atom is 0.292 e. The molecule has 0 spiro atoms. The van der Waals surface area contributed by atoms with Crippen molar-refractivity contribution in [2.24, 2.45) is 5.73 Å². The van der Waals surface area contributed by atoms with Gasteiger partial charge in [0.05, 0.1) is 22.1 Å². The molecule has 0 radical (unpaired) electrons. The number of nitrogens with zero attached hydrogens (tertiary/aromatic N) is 2. The summed E-state index contributed by atoms with van der Waals surface area (Å²) in [6.45, 7) is 0. The SMILES string of the molecule is N#Cc1cc(C=O)c([N+](=O)[O-])c(C(N)=O)c1. The number of amides is 1. The van der Waals surface area contributed by atoms with Gasteiger partial charge in [0.25, 0.3) is 11.6 Å². The Kier molecular flexibility index (Phi) is 2.96. The Bertz CT molecular complexity index is 530. The minimum atomic E-state index is -1.06. The van der Waals surface area contributed by atoms with Crippen LogP contribution in [0.15, 0.2) is 12.1 Å². The van der Waals surface area contributed by atoms with Crippen molar-refractivity contribution in [3.05, 3.63) is 38.9 Å². The van der Waals surface area contributed by atoms with E-state index in [0.29, 0.717) is 0 Å². The number of nitriles is 1. The standard InChI is InChI=1S/C9H5N3O4/c10-3-5-1-6(4-13)8(12(15)16)7(2-5)9(11)14/h1-2,4H,(H2,11,14). The fourth-order valence-corrected chi connectivity index (χ4v) is 1.20. The van der Waals surface area contributed by atoms with Crippen molar-refractivity contribution in [2.45, 2.75) is 0 Å². The zero-order valence-corrected chi connectivity index (χ0v) is 7.84. The molecule has 2 N–H and O–H groups in total. The maximum absolute atomic E-state index is 11.0. The molecule has 0 aliphatic heterocycles. The molecule has 1 aromatic rings. The number of hydrogen-bond donors (Lipinski definition) is 1. The Morgan fingerprint density at radius 3 is 2.56 bits per heavy atom. The molecule has 16 heavy (non-hydrogen) atoms. The summed E-state index contributed by atoms with van der Waals surface area (Å²) in [7, 11) is 0. The van der Waals surface area contributed by atoms with Gasteiger partial charge in [-0.15, -0.1) is 0 Å². The van der Waals surface area contributed by atoms with Gasteiger partial charge < -0.3 is 5.73 Å². The lowest BCUT2D eigenvalue weighted by atomic mass is 10.0. The third kappa shape index (κ3) is 1.85. The van der Waals surface area contributed by atoms with Crippen molar-refractivity contribution in [3.8, 4) is 6.07 Å². The first-order valence-electron chi connectivity index (χ1n) is 3.98. The minimum absolute atomic E-state index is 0.0403. The predicted octanol–water partition coefficient (Wildman–Crippen LogP) is 0.378. The van der Waals surface area contributed by atoms with E-state index in [1.165, 1.54) is 0 Å². The Morgan fingerprint density at radius 2 is 2.19 bits per heavy atom. The number of aldehydes is 1. The lowest BCUT2D eigenvalue weighted by Crippen LogP contribution is -2.15. The van der Waals surface area contributed by atoms with Gasteiger partial charge in [-0.25, -0.2) is 0 Å². The second-order valence-corrected chi connectivity index (χ2v) is 2.81. The van der Waals surface area contributed by atoms with Gasteiger partial charge in [-0.2, -0.15) is 5.26 Å². The highest BCUT2D eigenvalue weighted by atomic mass is 16.6. The van der Waals surface area contributed by atoms with Crippen LogP contribution in [0.3, 0.4) is 0 Å². The first-order valence-corrected chi connectivity index (χ1v) is 3.98. The Morgan fingerprint density at radius 1 is 1.56 bits per heavy atom. The number of nitro groups is 1. The third-order valence-corrected chi connectivity index (χ3v) is 1.84. The number of benzene rings is 1. The van der Waals surface area contributed by atoms with E-state index in [1.807, 2.05) is 0 Å². The summed E-state index contributed by atoms with van der Waals surface area (Å²) < 4.78 is 0. The molecule has 0 aliphatic rings. The number of rotatable bonds is 3. The summed E-state index contributed by atoms with van der Waals surface area (Å²) in [6, 6.07) is 3.68. The molecular weight excluding hydrogens is 214 g/mol. The van der Waals surface area contributed by atoms with Crippen LogP contribution in [-0.2, 0) is 0 Å². The van der Waals surface area contributed by atoms with Gasteiger partial charge in [0.2, 0.25) is 0 Å². The normalized spacial score (nSPS) is 9.19. The molecular formula is C9H5N3O4. The molecule has 0 aliphatic carbocycles. The summed E-state index contributed by atoms with van der Waals surface area (Å²) in [6.07, 6.45) is 0.200. The van der Waals surface area contributed by atoms with Crippen LogP contribution in [0.5, 0.6) is 0 Å². The molecule has 1 rings (SSSR count). The average Bonchev–Trinajstić information content (AvgIpc) is 2.26. The molecule has 7 nitrogen and oxygen atoms in total. The Labute approximate surface area is 89.2 Å². The van der Waals surface area contributed by atoms with Crippen molar-refractivity contribution in [1.82, 2.24) is 0 Å². The van der Waals surface area contributed by atoms with Crippen LogP contribution in [0.25, 0.3) is 0 Å². The zero-order chi connectivity index (χ0) is 12.3. The quantitative estimate of drug-likeness (QED) is 0.446. The van der Waals surface area contributed by atoms with Crippen molar-refractivity contribution in [3.63, 3.8) is 0 Å². The van der Waals surface area contributed by atoms with Crippen LogP contribution < -0.4 is 5.73 Å².